The molecule has 0 radical (unpaired) electrons. The fraction of sp³-hybridized carbons (Fsp3) is 0.667. The topological polar surface area (TPSA) is 87.2 Å². The summed E-state index contributed by atoms with van der Waals surface area (Å²) in [5, 5.41) is 9.27. The summed E-state index contributed by atoms with van der Waals surface area (Å²) < 4.78 is 5.25. The van der Waals surface area contributed by atoms with Crippen LogP contribution in [-0.4, -0.2) is 57.2 Å². The fourth-order valence-corrected chi connectivity index (χ4v) is 2.71. The summed E-state index contributed by atoms with van der Waals surface area (Å²) in [7, 11) is 0. The van der Waals surface area contributed by atoms with Crippen molar-refractivity contribution >= 4 is 18.1 Å². The maximum absolute atomic E-state index is 12.4. The van der Waals surface area contributed by atoms with Crippen LogP contribution in [-0.2, 0) is 9.53 Å². The summed E-state index contributed by atoms with van der Waals surface area (Å²) in [4.78, 5) is 38.0. The minimum Gasteiger partial charge on any atom is -0.465 e. The predicted molar refractivity (Wildman–Crippen MR) is 78.4 cm³/mol. The number of carboxylic acid groups (broad SMARTS) is 1. The summed E-state index contributed by atoms with van der Waals surface area (Å²) in [5.74, 6) is -0.689. The van der Waals surface area contributed by atoms with Gasteiger partial charge in [-0.2, -0.15) is 0 Å². The molecule has 1 heterocycles. The molecule has 0 bridgehead atoms. The van der Waals surface area contributed by atoms with Crippen LogP contribution >= 0.6 is 0 Å². The van der Waals surface area contributed by atoms with Crippen molar-refractivity contribution in [3.05, 3.63) is 12.2 Å². The Balaban J connectivity index is 2.20. The minimum atomic E-state index is -1.43. The Kier molecular flexibility index (Phi) is 4.44. The third-order valence-corrected chi connectivity index (χ3v) is 3.65. The van der Waals surface area contributed by atoms with Gasteiger partial charge in [0.1, 0.15) is 5.60 Å². The Hall–Kier alpha value is -2.05. The summed E-state index contributed by atoms with van der Waals surface area (Å²) >= 11 is 0. The number of carbonyl (C=O) groups excluding carboxylic acids is 2. The van der Waals surface area contributed by atoms with Crippen LogP contribution in [0.25, 0.3) is 0 Å². The van der Waals surface area contributed by atoms with Crippen molar-refractivity contribution in [1.29, 1.82) is 0 Å². The van der Waals surface area contributed by atoms with Crippen molar-refractivity contribution in [1.82, 2.24) is 9.80 Å². The zero-order chi connectivity index (χ0) is 16.5. The molecule has 2 unspecified atom stereocenters. The van der Waals surface area contributed by atoms with Gasteiger partial charge in [-0.15, -0.1) is 0 Å². The number of imide groups is 1. The molecule has 1 saturated heterocycles. The van der Waals surface area contributed by atoms with Gasteiger partial charge in [0, 0.05) is 0 Å². The van der Waals surface area contributed by atoms with Crippen LogP contribution in [0.1, 0.15) is 40.0 Å². The van der Waals surface area contributed by atoms with Gasteiger partial charge < -0.3 is 14.7 Å². The molecule has 1 aliphatic carbocycles. The van der Waals surface area contributed by atoms with E-state index < -0.39 is 29.7 Å². The molecule has 1 fully saturated rings. The quantitative estimate of drug-likeness (QED) is 0.624. The van der Waals surface area contributed by atoms with Crippen molar-refractivity contribution in [3.8, 4) is 0 Å². The van der Waals surface area contributed by atoms with Crippen LogP contribution < -0.4 is 0 Å². The first-order valence-corrected chi connectivity index (χ1v) is 7.43. The molecule has 2 aliphatic rings. The number of esters is 1. The molecule has 1 aliphatic heterocycles. The second-order valence-corrected chi connectivity index (χ2v) is 6.56. The van der Waals surface area contributed by atoms with E-state index in [1.165, 1.54) is 4.90 Å². The smallest absolute Gasteiger partial charge is 0.416 e. The first-order valence-electron chi connectivity index (χ1n) is 7.43. The summed E-state index contributed by atoms with van der Waals surface area (Å²) in [6.07, 6.45) is 5.12. The van der Waals surface area contributed by atoms with E-state index in [0.717, 1.165) is 19.3 Å². The molecule has 7 nitrogen and oxygen atoms in total. The summed E-state index contributed by atoms with van der Waals surface area (Å²) in [6, 6.07) is -1.92. The number of nitrogens with zero attached hydrogens (tertiary/aromatic N) is 2. The van der Waals surface area contributed by atoms with Gasteiger partial charge in [0.05, 0.1) is 12.6 Å². The first kappa shape index (κ1) is 16.3. The van der Waals surface area contributed by atoms with Crippen LogP contribution in [0.4, 0.5) is 9.59 Å². The van der Waals surface area contributed by atoms with Gasteiger partial charge in [0.25, 0.3) is 0 Å². The number of allylic oxidation sites excluding steroid dienone is 1. The highest BCUT2D eigenvalue weighted by Crippen LogP contribution is 2.26. The van der Waals surface area contributed by atoms with Crippen molar-refractivity contribution in [2.24, 2.45) is 0 Å². The largest absolute Gasteiger partial charge is 0.465 e. The normalized spacial score (nSPS) is 25.5. The second-order valence-electron chi connectivity index (χ2n) is 6.56. The Morgan fingerprint density at radius 1 is 1.36 bits per heavy atom. The molecule has 1 N–H and O–H groups in total. The second kappa shape index (κ2) is 5.98. The molecule has 7 heteroatoms. The van der Waals surface area contributed by atoms with Crippen molar-refractivity contribution in [3.63, 3.8) is 0 Å². The number of carbonyl (C=O) groups is 3. The van der Waals surface area contributed by atoms with Gasteiger partial charge in [-0.1, -0.05) is 12.2 Å². The van der Waals surface area contributed by atoms with Gasteiger partial charge >= 0.3 is 18.1 Å². The fourth-order valence-electron chi connectivity index (χ4n) is 2.71. The standard InChI is InChI=1S/C15H22N2O5/c1-15(2,3)22-12(18)11-9-16(10-7-5-4-6-8-10)13(19)17(11)14(20)21/h5,7,10-11H,4,6,8-9H2,1-3H3,(H,20,21). The lowest BCUT2D eigenvalue weighted by atomic mass is 10.0. The third-order valence-electron chi connectivity index (χ3n) is 3.65. The minimum absolute atomic E-state index is 0.0368. The first-order chi connectivity index (χ1) is 10.2. The van der Waals surface area contributed by atoms with Crippen LogP contribution in [0.15, 0.2) is 12.2 Å². The average molecular weight is 310 g/mol. The molecule has 122 valence electrons. The van der Waals surface area contributed by atoms with Crippen LogP contribution in [0, 0.1) is 0 Å². The number of urea groups is 1. The number of hydrogen-bond donors (Lipinski definition) is 1. The SMILES string of the molecule is CC(C)(C)OC(=O)C1CN(C2C=CCCC2)C(=O)N1C(=O)O. The highest BCUT2D eigenvalue weighted by molar-refractivity contribution is 5.98. The van der Waals surface area contributed by atoms with Gasteiger partial charge in [-0.3, -0.25) is 0 Å². The van der Waals surface area contributed by atoms with Gasteiger partial charge in [-0.05, 0) is 40.0 Å². The van der Waals surface area contributed by atoms with Crippen LogP contribution in [0.3, 0.4) is 0 Å². The van der Waals surface area contributed by atoms with E-state index in [1.54, 1.807) is 20.8 Å². The van der Waals surface area contributed by atoms with E-state index in [9.17, 15) is 19.5 Å². The highest BCUT2D eigenvalue weighted by atomic mass is 16.6. The molecule has 0 saturated carbocycles. The van der Waals surface area contributed by atoms with E-state index in [-0.39, 0.29) is 12.6 Å². The van der Waals surface area contributed by atoms with E-state index in [1.807, 2.05) is 12.2 Å². The molecule has 3 amide bonds. The highest BCUT2D eigenvalue weighted by Gasteiger charge is 2.48. The lowest BCUT2D eigenvalue weighted by Gasteiger charge is -2.26. The Labute approximate surface area is 129 Å². The molecule has 2 atom stereocenters. The number of hydrogen-bond acceptors (Lipinski definition) is 4. The molecular weight excluding hydrogens is 288 g/mol. The lowest BCUT2D eigenvalue weighted by Crippen LogP contribution is -2.45. The van der Waals surface area contributed by atoms with E-state index in [0.29, 0.717) is 4.90 Å². The summed E-state index contributed by atoms with van der Waals surface area (Å²) in [5.41, 5.74) is -0.734. The number of rotatable bonds is 2. The van der Waals surface area contributed by atoms with E-state index >= 15 is 0 Å². The van der Waals surface area contributed by atoms with Crippen molar-refractivity contribution < 1.29 is 24.2 Å². The zero-order valence-electron chi connectivity index (χ0n) is 13.1. The van der Waals surface area contributed by atoms with Crippen LogP contribution in [0.2, 0.25) is 0 Å². The van der Waals surface area contributed by atoms with Crippen molar-refractivity contribution in [2.75, 3.05) is 6.54 Å². The maximum Gasteiger partial charge on any atom is 0.416 e. The molecule has 22 heavy (non-hydrogen) atoms. The average Bonchev–Trinajstić information content (AvgIpc) is 2.75. The van der Waals surface area contributed by atoms with Crippen molar-refractivity contribution in [2.45, 2.75) is 57.7 Å². The zero-order valence-corrected chi connectivity index (χ0v) is 13.1. The molecule has 0 aromatic carbocycles. The van der Waals surface area contributed by atoms with Gasteiger partial charge in [-0.25, -0.2) is 19.3 Å². The third kappa shape index (κ3) is 3.40. The van der Waals surface area contributed by atoms with E-state index in [2.05, 4.69) is 0 Å². The lowest BCUT2D eigenvalue weighted by molar-refractivity contribution is -0.158. The molecular formula is C15H22N2O5. The number of ether oxygens (including phenoxy) is 1. The Morgan fingerprint density at radius 3 is 2.55 bits per heavy atom. The van der Waals surface area contributed by atoms with Gasteiger partial charge in [0.15, 0.2) is 6.04 Å². The monoisotopic (exact) mass is 310 g/mol. The molecule has 0 spiro atoms. The Morgan fingerprint density at radius 2 is 2.05 bits per heavy atom. The predicted octanol–water partition coefficient (Wildman–Crippen LogP) is 2.22. The maximum atomic E-state index is 12.4. The number of amides is 3. The molecule has 0 aromatic heterocycles. The molecule has 0 aromatic rings. The Bertz CT molecular complexity index is 509. The van der Waals surface area contributed by atoms with Gasteiger partial charge in [0.2, 0.25) is 0 Å². The van der Waals surface area contributed by atoms with E-state index in [4.69, 9.17) is 4.74 Å². The molecule has 2 rings (SSSR count). The van der Waals surface area contributed by atoms with Crippen LogP contribution in [0.5, 0.6) is 0 Å². The summed E-state index contributed by atoms with van der Waals surface area (Å²) in [6.45, 7) is 5.15.